The van der Waals surface area contributed by atoms with Gasteiger partial charge in [-0.1, -0.05) is 31.2 Å². The highest BCUT2D eigenvalue weighted by molar-refractivity contribution is 5.79. The minimum absolute atomic E-state index is 0.458. The first-order valence-electron chi connectivity index (χ1n) is 6.71. The summed E-state index contributed by atoms with van der Waals surface area (Å²) in [7, 11) is 0. The van der Waals surface area contributed by atoms with Gasteiger partial charge in [0.05, 0.1) is 0 Å². The van der Waals surface area contributed by atoms with Gasteiger partial charge >= 0.3 is 5.97 Å². The molecular weight excluding hydrogens is 242 g/mol. The second-order valence-corrected chi connectivity index (χ2v) is 4.99. The summed E-state index contributed by atoms with van der Waals surface area (Å²) < 4.78 is 0. The van der Waals surface area contributed by atoms with E-state index in [1.165, 1.54) is 4.90 Å². The molecule has 1 fully saturated rings. The average Bonchev–Trinajstić information content (AvgIpc) is 3.22. The van der Waals surface area contributed by atoms with Gasteiger partial charge in [0.25, 0.3) is 0 Å². The lowest BCUT2D eigenvalue weighted by Crippen LogP contribution is -2.34. The minimum atomic E-state index is -0.964. The first kappa shape index (κ1) is 13.6. The number of benzene rings is 1. The van der Waals surface area contributed by atoms with Gasteiger partial charge in [0, 0.05) is 6.54 Å². The van der Waals surface area contributed by atoms with Crippen molar-refractivity contribution in [1.82, 2.24) is 4.90 Å². The Hall–Kier alpha value is -1.84. The van der Waals surface area contributed by atoms with Gasteiger partial charge in [-0.2, -0.15) is 0 Å². The van der Waals surface area contributed by atoms with Crippen molar-refractivity contribution in [3.05, 3.63) is 35.4 Å². The molecule has 1 aromatic carbocycles. The summed E-state index contributed by atoms with van der Waals surface area (Å²) in [6, 6.07) is 6.72. The molecule has 4 heteroatoms. The number of carbonyl (C=O) groups is 2. The Bertz CT molecular complexity index is 468. The second kappa shape index (κ2) is 5.87. The molecule has 1 saturated carbocycles. The van der Waals surface area contributed by atoms with Crippen molar-refractivity contribution in [2.75, 3.05) is 6.54 Å². The second-order valence-electron chi connectivity index (χ2n) is 4.99. The Labute approximate surface area is 113 Å². The fraction of sp³-hybridized carbons (Fsp3) is 0.467. The highest BCUT2D eigenvalue weighted by atomic mass is 16.4. The maximum absolute atomic E-state index is 11.6. The summed E-state index contributed by atoms with van der Waals surface area (Å²) in [4.78, 5) is 24.1. The average molecular weight is 261 g/mol. The van der Waals surface area contributed by atoms with Crippen LogP contribution in [-0.4, -0.2) is 28.9 Å². The molecule has 1 amide bonds. The van der Waals surface area contributed by atoms with Crippen LogP contribution in [0.5, 0.6) is 0 Å². The Balaban J connectivity index is 2.38. The normalized spacial score (nSPS) is 15.8. The van der Waals surface area contributed by atoms with Gasteiger partial charge in [-0.25, -0.2) is 4.79 Å². The summed E-state index contributed by atoms with van der Waals surface area (Å²) in [5, 5.41) is 9.48. The van der Waals surface area contributed by atoms with E-state index in [0.29, 0.717) is 18.9 Å². The number of carboxylic acids is 1. The summed E-state index contributed by atoms with van der Waals surface area (Å²) in [6.07, 6.45) is 3.61. The van der Waals surface area contributed by atoms with Gasteiger partial charge < -0.3 is 10.0 Å². The molecule has 4 nitrogen and oxygen atoms in total. The summed E-state index contributed by atoms with van der Waals surface area (Å²) >= 11 is 0. The fourth-order valence-corrected chi connectivity index (χ4v) is 2.48. The molecule has 1 aliphatic carbocycles. The largest absolute Gasteiger partial charge is 0.479 e. The Morgan fingerprint density at radius 3 is 2.68 bits per heavy atom. The van der Waals surface area contributed by atoms with Crippen molar-refractivity contribution in [3.63, 3.8) is 0 Å². The van der Waals surface area contributed by atoms with Crippen LogP contribution in [0.15, 0.2) is 24.3 Å². The van der Waals surface area contributed by atoms with Crippen molar-refractivity contribution in [3.8, 4) is 0 Å². The number of amides is 1. The number of nitrogens with zero attached hydrogens (tertiary/aromatic N) is 1. The van der Waals surface area contributed by atoms with Gasteiger partial charge in [0.15, 0.2) is 6.04 Å². The van der Waals surface area contributed by atoms with E-state index in [1.54, 1.807) is 0 Å². The molecule has 0 bridgehead atoms. The molecule has 1 aromatic rings. The Morgan fingerprint density at radius 1 is 1.47 bits per heavy atom. The zero-order valence-corrected chi connectivity index (χ0v) is 11.1. The van der Waals surface area contributed by atoms with Crippen LogP contribution in [0.2, 0.25) is 0 Å². The molecule has 1 aliphatic rings. The standard InChI is InChI=1S/C15H19NO3/c1-2-9-16(10-17)14(15(18)19)13-6-4-3-5-12(13)11-7-8-11/h3-6,10-11,14H,2,7-9H2,1H3,(H,18,19). The third kappa shape index (κ3) is 2.95. The highest BCUT2D eigenvalue weighted by Crippen LogP contribution is 2.43. The van der Waals surface area contributed by atoms with E-state index in [4.69, 9.17) is 0 Å². The summed E-state index contributed by atoms with van der Waals surface area (Å²) in [5.41, 5.74) is 1.84. The zero-order chi connectivity index (χ0) is 13.8. The predicted molar refractivity (Wildman–Crippen MR) is 71.9 cm³/mol. The lowest BCUT2D eigenvalue weighted by atomic mass is 9.96. The monoisotopic (exact) mass is 261 g/mol. The van der Waals surface area contributed by atoms with Crippen LogP contribution in [0.1, 0.15) is 49.3 Å². The Kier molecular flexibility index (Phi) is 4.20. The predicted octanol–water partition coefficient (Wildman–Crippen LogP) is 2.56. The van der Waals surface area contributed by atoms with Crippen LogP contribution < -0.4 is 0 Å². The summed E-state index contributed by atoms with van der Waals surface area (Å²) in [6.45, 7) is 2.39. The molecule has 1 N–H and O–H groups in total. The van der Waals surface area contributed by atoms with Crippen molar-refractivity contribution in [2.24, 2.45) is 0 Å². The van der Waals surface area contributed by atoms with Crippen LogP contribution in [0.3, 0.4) is 0 Å². The van der Waals surface area contributed by atoms with Gasteiger partial charge in [-0.15, -0.1) is 0 Å². The topological polar surface area (TPSA) is 57.6 Å². The molecule has 1 unspecified atom stereocenters. The third-order valence-electron chi connectivity index (χ3n) is 3.49. The van der Waals surface area contributed by atoms with E-state index >= 15 is 0 Å². The van der Waals surface area contributed by atoms with Crippen LogP contribution in [0.4, 0.5) is 0 Å². The third-order valence-corrected chi connectivity index (χ3v) is 3.49. The summed E-state index contributed by atoms with van der Waals surface area (Å²) in [5.74, 6) is -0.498. The number of carbonyl (C=O) groups excluding carboxylic acids is 1. The van der Waals surface area contributed by atoms with Crippen molar-refractivity contribution >= 4 is 12.4 Å². The molecule has 0 aliphatic heterocycles. The minimum Gasteiger partial charge on any atom is -0.479 e. The van der Waals surface area contributed by atoms with Crippen LogP contribution in [-0.2, 0) is 9.59 Å². The van der Waals surface area contributed by atoms with Gasteiger partial charge in [0.1, 0.15) is 0 Å². The lowest BCUT2D eigenvalue weighted by molar-refractivity contribution is -0.146. The first-order valence-corrected chi connectivity index (χ1v) is 6.71. The molecule has 0 heterocycles. The molecule has 0 radical (unpaired) electrons. The zero-order valence-electron chi connectivity index (χ0n) is 11.1. The lowest BCUT2D eigenvalue weighted by Gasteiger charge is -2.26. The van der Waals surface area contributed by atoms with Crippen LogP contribution in [0.25, 0.3) is 0 Å². The number of rotatable bonds is 7. The molecule has 0 saturated heterocycles. The van der Waals surface area contributed by atoms with E-state index < -0.39 is 12.0 Å². The number of aliphatic carboxylic acids is 1. The van der Waals surface area contributed by atoms with E-state index in [1.807, 2.05) is 31.2 Å². The maximum atomic E-state index is 11.6. The quantitative estimate of drug-likeness (QED) is 0.767. The SMILES string of the molecule is CCCN(C=O)C(C(=O)O)c1ccccc1C1CC1. The van der Waals surface area contributed by atoms with Crippen LogP contribution >= 0.6 is 0 Å². The fourth-order valence-electron chi connectivity index (χ4n) is 2.48. The van der Waals surface area contributed by atoms with Gasteiger partial charge in [0.2, 0.25) is 6.41 Å². The molecule has 19 heavy (non-hydrogen) atoms. The van der Waals surface area contributed by atoms with E-state index in [9.17, 15) is 14.7 Å². The molecule has 102 valence electrons. The highest BCUT2D eigenvalue weighted by Gasteiger charge is 2.33. The number of hydrogen-bond acceptors (Lipinski definition) is 2. The van der Waals surface area contributed by atoms with Crippen LogP contribution in [0, 0.1) is 0 Å². The molecule has 1 atom stereocenters. The van der Waals surface area contributed by atoms with E-state index in [0.717, 1.165) is 30.4 Å². The molecule has 0 aromatic heterocycles. The molecule has 2 rings (SSSR count). The van der Waals surface area contributed by atoms with Crippen molar-refractivity contribution in [2.45, 2.75) is 38.1 Å². The van der Waals surface area contributed by atoms with Gasteiger partial charge in [-0.05, 0) is 36.3 Å². The Morgan fingerprint density at radius 2 is 2.16 bits per heavy atom. The molecular formula is C15H19NO3. The van der Waals surface area contributed by atoms with E-state index in [-0.39, 0.29) is 0 Å². The first-order chi connectivity index (χ1) is 9.19. The van der Waals surface area contributed by atoms with Gasteiger partial charge in [-0.3, -0.25) is 4.79 Å². The smallest absolute Gasteiger partial charge is 0.331 e. The van der Waals surface area contributed by atoms with Crippen molar-refractivity contribution < 1.29 is 14.7 Å². The number of carboxylic acid groups (broad SMARTS) is 1. The molecule has 0 spiro atoms. The van der Waals surface area contributed by atoms with E-state index in [2.05, 4.69) is 0 Å². The number of hydrogen-bond donors (Lipinski definition) is 1. The van der Waals surface area contributed by atoms with Crippen molar-refractivity contribution in [1.29, 1.82) is 0 Å². The maximum Gasteiger partial charge on any atom is 0.331 e.